The number of nitrogens with one attached hydrogen (secondary N) is 2. The summed E-state index contributed by atoms with van der Waals surface area (Å²) >= 11 is 1.48. The van der Waals surface area contributed by atoms with Crippen LogP contribution in [0.5, 0.6) is 11.5 Å². The standard InChI is InChI=1S/C20H17N3O5S2/c24-20-21-16-5-4-15(11-17(16)22-20)30(25,26)23(12-14-2-1-9-29-14)13-3-6-18-19(10-13)28-8-7-27-18/h1-6,9-11H,7-8,12H2,(H2,21,22,24). The minimum absolute atomic E-state index is 0.0803. The van der Waals surface area contributed by atoms with Gasteiger partial charge in [0, 0.05) is 10.9 Å². The molecule has 30 heavy (non-hydrogen) atoms. The lowest BCUT2D eigenvalue weighted by atomic mass is 10.2. The zero-order valence-electron chi connectivity index (χ0n) is 15.6. The number of fused-ring (bicyclic) bond motifs is 2. The molecular weight excluding hydrogens is 426 g/mol. The van der Waals surface area contributed by atoms with Gasteiger partial charge in [-0.05, 0) is 41.8 Å². The molecular formula is C20H17N3O5S2. The van der Waals surface area contributed by atoms with Crippen molar-refractivity contribution >= 4 is 38.1 Å². The first-order valence-corrected chi connectivity index (χ1v) is 11.5. The van der Waals surface area contributed by atoms with Crippen molar-refractivity contribution < 1.29 is 17.9 Å². The number of nitrogens with zero attached hydrogens (tertiary/aromatic N) is 1. The van der Waals surface area contributed by atoms with E-state index in [2.05, 4.69) is 9.97 Å². The number of hydrogen-bond donors (Lipinski definition) is 2. The number of anilines is 1. The van der Waals surface area contributed by atoms with E-state index in [-0.39, 0.29) is 17.1 Å². The number of aromatic nitrogens is 2. The molecule has 0 spiro atoms. The van der Waals surface area contributed by atoms with Gasteiger partial charge in [0.2, 0.25) is 0 Å². The van der Waals surface area contributed by atoms with Crippen LogP contribution in [0.2, 0.25) is 0 Å². The summed E-state index contributed by atoms with van der Waals surface area (Å²) in [6.07, 6.45) is 0. The van der Waals surface area contributed by atoms with Crippen LogP contribution in [-0.2, 0) is 16.6 Å². The topological polar surface area (TPSA) is 104 Å². The van der Waals surface area contributed by atoms with Gasteiger partial charge in [0.15, 0.2) is 11.5 Å². The number of hydrogen-bond acceptors (Lipinski definition) is 6. The van der Waals surface area contributed by atoms with E-state index in [4.69, 9.17) is 9.47 Å². The molecule has 2 aromatic heterocycles. The van der Waals surface area contributed by atoms with Gasteiger partial charge in [-0.2, -0.15) is 0 Å². The highest BCUT2D eigenvalue weighted by Gasteiger charge is 2.27. The SMILES string of the molecule is O=c1[nH]c2ccc(S(=O)(=O)N(Cc3cccs3)c3ccc4c(c3)OCCO4)cc2[nH]1. The van der Waals surface area contributed by atoms with Gasteiger partial charge in [-0.15, -0.1) is 11.3 Å². The summed E-state index contributed by atoms with van der Waals surface area (Å²) in [5, 5.41) is 1.90. The van der Waals surface area contributed by atoms with Gasteiger partial charge in [-0.3, -0.25) is 4.31 Å². The molecule has 0 atom stereocenters. The van der Waals surface area contributed by atoms with Gasteiger partial charge in [0.25, 0.3) is 10.0 Å². The molecule has 1 aliphatic heterocycles. The lowest BCUT2D eigenvalue weighted by Gasteiger charge is -2.26. The molecule has 0 radical (unpaired) electrons. The number of imidazole rings is 1. The highest BCUT2D eigenvalue weighted by Crippen LogP contribution is 2.37. The Kier molecular flexibility index (Phi) is 4.52. The first-order valence-electron chi connectivity index (χ1n) is 9.17. The zero-order valence-corrected chi connectivity index (χ0v) is 17.3. The van der Waals surface area contributed by atoms with Crippen LogP contribution in [0.25, 0.3) is 11.0 Å². The van der Waals surface area contributed by atoms with E-state index in [1.165, 1.54) is 27.8 Å². The van der Waals surface area contributed by atoms with Crippen molar-refractivity contribution in [1.29, 1.82) is 0 Å². The van der Waals surface area contributed by atoms with E-state index in [1.54, 1.807) is 24.3 Å². The van der Waals surface area contributed by atoms with Gasteiger partial charge >= 0.3 is 5.69 Å². The van der Waals surface area contributed by atoms with Gasteiger partial charge < -0.3 is 19.4 Å². The number of H-pyrrole nitrogens is 2. The normalized spacial score (nSPS) is 13.5. The highest BCUT2D eigenvalue weighted by molar-refractivity contribution is 7.92. The van der Waals surface area contributed by atoms with E-state index < -0.39 is 10.0 Å². The number of sulfonamides is 1. The van der Waals surface area contributed by atoms with Crippen molar-refractivity contribution in [3.8, 4) is 11.5 Å². The number of benzene rings is 2. The molecule has 10 heteroatoms. The summed E-state index contributed by atoms with van der Waals surface area (Å²) in [7, 11) is -3.93. The lowest BCUT2D eigenvalue weighted by molar-refractivity contribution is 0.171. The van der Waals surface area contributed by atoms with Gasteiger partial charge in [0.05, 0.1) is 28.2 Å². The molecule has 1 aliphatic rings. The molecule has 4 aromatic rings. The molecule has 3 heterocycles. The molecule has 0 saturated heterocycles. The van der Waals surface area contributed by atoms with Crippen molar-refractivity contribution in [3.05, 3.63) is 69.3 Å². The maximum Gasteiger partial charge on any atom is 0.323 e. The van der Waals surface area contributed by atoms with Crippen LogP contribution in [0.1, 0.15) is 4.88 Å². The summed E-state index contributed by atoms with van der Waals surface area (Å²) < 4.78 is 39.8. The van der Waals surface area contributed by atoms with E-state index in [9.17, 15) is 13.2 Å². The largest absolute Gasteiger partial charge is 0.486 e. The first-order chi connectivity index (χ1) is 14.5. The zero-order chi connectivity index (χ0) is 20.7. The Balaban J connectivity index is 1.62. The molecule has 8 nitrogen and oxygen atoms in total. The molecule has 0 aliphatic carbocycles. The number of ether oxygens (including phenoxy) is 2. The fourth-order valence-corrected chi connectivity index (χ4v) is 5.58. The first kappa shape index (κ1) is 18.8. The monoisotopic (exact) mass is 443 g/mol. The van der Waals surface area contributed by atoms with Crippen LogP contribution in [-0.4, -0.2) is 31.6 Å². The number of thiophene rings is 1. The minimum Gasteiger partial charge on any atom is -0.486 e. The molecule has 2 N–H and O–H groups in total. The van der Waals surface area contributed by atoms with Crippen LogP contribution >= 0.6 is 11.3 Å². The maximum absolute atomic E-state index is 13.6. The second-order valence-electron chi connectivity index (χ2n) is 6.71. The minimum atomic E-state index is -3.93. The summed E-state index contributed by atoms with van der Waals surface area (Å²) in [5.41, 5.74) is 1.06. The smallest absolute Gasteiger partial charge is 0.323 e. The molecule has 0 bridgehead atoms. The third-order valence-corrected chi connectivity index (χ3v) is 7.40. The van der Waals surface area contributed by atoms with Crippen molar-refractivity contribution in [2.75, 3.05) is 17.5 Å². The average Bonchev–Trinajstić information content (AvgIpc) is 3.39. The molecule has 5 rings (SSSR count). The van der Waals surface area contributed by atoms with Crippen LogP contribution in [0.3, 0.4) is 0 Å². The summed E-state index contributed by atoms with van der Waals surface area (Å²) in [5.74, 6) is 1.10. The number of rotatable bonds is 5. The number of aromatic amines is 2. The summed E-state index contributed by atoms with van der Waals surface area (Å²) in [4.78, 5) is 17.8. The molecule has 154 valence electrons. The third-order valence-electron chi connectivity index (χ3n) is 4.77. The predicted molar refractivity (Wildman–Crippen MR) is 114 cm³/mol. The van der Waals surface area contributed by atoms with Crippen molar-refractivity contribution in [2.45, 2.75) is 11.4 Å². The maximum atomic E-state index is 13.6. The highest BCUT2D eigenvalue weighted by atomic mass is 32.2. The lowest BCUT2D eigenvalue weighted by Crippen LogP contribution is -2.30. The Bertz CT molecular complexity index is 1370. The Labute approximate surface area is 175 Å². The van der Waals surface area contributed by atoms with Gasteiger partial charge in [-0.1, -0.05) is 6.07 Å². The van der Waals surface area contributed by atoms with Gasteiger partial charge in [0.1, 0.15) is 13.2 Å². The summed E-state index contributed by atoms with van der Waals surface area (Å²) in [6.45, 7) is 1.03. The average molecular weight is 444 g/mol. The predicted octanol–water partition coefficient (Wildman–Crippen LogP) is 3.08. The quantitative estimate of drug-likeness (QED) is 0.493. The fourth-order valence-electron chi connectivity index (χ4n) is 3.35. The Morgan fingerprint density at radius 2 is 1.77 bits per heavy atom. The van der Waals surface area contributed by atoms with E-state index >= 15 is 0 Å². The van der Waals surface area contributed by atoms with Crippen LogP contribution < -0.4 is 19.5 Å². The van der Waals surface area contributed by atoms with E-state index in [1.807, 2.05) is 17.5 Å². The van der Waals surface area contributed by atoms with Gasteiger partial charge in [-0.25, -0.2) is 13.2 Å². The van der Waals surface area contributed by atoms with Crippen LogP contribution in [0.15, 0.2) is 63.6 Å². The third kappa shape index (κ3) is 3.33. The van der Waals surface area contributed by atoms with Crippen LogP contribution in [0.4, 0.5) is 5.69 Å². The fraction of sp³-hybridized carbons (Fsp3) is 0.150. The van der Waals surface area contributed by atoms with Crippen molar-refractivity contribution in [3.63, 3.8) is 0 Å². The Hall–Kier alpha value is -3.24. The molecule has 0 unspecified atom stereocenters. The van der Waals surface area contributed by atoms with E-state index in [0.29, 0.717) is 41.4 Å². The Morgan fingerprint density at radius 3 is 2.57 bits per heavy atom. The second kappa shape index (κ2) is 7.22. The van der Waals surface area contributed by atoms with Crippen molar-refractivity contribution in [2.24, 2.45) is 0 Å². The van der Waals surface area contributed by atoms with Crippen LogP contribution in [0, 0.1) is 0 Å². The Morgan fingerprint density at radius 1 is 0.967 bits per heavy atom. The molecule has 0 amide bonds. The van der Waals surface area contributed by atoms with E-state index in [0.717, 1.165) is 4.88 Å². The van der Waals surface area contributed by atoms with Crippen molar-refractivity contribution in [1.82, 2.24) is 9.97 Å². The molecule has 0 fully saturated rings. The molecule has 2 aromatic carbocycles. The molecule has 0 saturated carbocycles. The second-order valence-corrected chi connectivity index (χ2v) is 9.60. The summed E-state index contributed by atoms with van der Waals surface area (Å²) in [6, 6.07) is 13.4.